The van der Waals surface area contributed by atoms with Crippen molar-refractivity contribution in [2.45, 2.75) is 58.7 Å². The Morgan fingerprint density at radius 3 is 1.96 bits per heavy atom. The first-order chi connectivity index (χ1) is 11.7. The van der Waals surface area contributed by atoms with Gasteiger partial charge in [0.25, 0.3) is 0 Å². The first-order valence-electron chi connectivity index (χ1n) is 9.08. The Balaban J connectivity index is 2.22. The standard InChI is InChI=1S/C20H35NO4/c1-6-22-15-16-25-20(4,5)12-14-24-19(2,3)11-13-23-18-9-7-17(21)8-10-18/h7-10H,6,11-16,21H2,1-5H3. The van der Waals surface area contributed by atoms with Gasteiger partial charge in [-0.05, 0) is 65.3 Å². The Kier molecular flexibility index (Phi) is 9.25. The molecule has 0 saturated heterocycles. The maximum absolute atomic E-state index is 6.04. The maximum Gasteiger partial charge on any atom is 0.119 e. The number of anilines is 1. The van der Waals surface area contributed by atoms with Crippen molar-refractivity contribution in [1.29, 1.82) is 0 Å². The summed E-state index contributed by atoms with van der Waals surface area (Å²) in [6.07, 6.45) is 1.64. The predicted molar refractivity (Wildman–Crippen MR) is 102 cm³/mol. The zero-order valence-corrected chi connectivity index (χ0v) is 16.5. The lowest BCUT2D eigenvalue weighted by atomic mass is 10.0. The minimum atomic E-state index is -0.241. The smallest absolute Gasteiger partial charge is 0.119 e. The van der Waals surface area contributed by atoms with Gasteiger partial charge in [0.15, 0.2) is 0 Å². The lowest BCUT2D eigenvalue weighted by molar-refractivity contribution is -0.0860. The molecule has 0 atom stereocenters. The number of benzene rings is 1. The summed E-state index contributed by atoms with van der Waals surface area (Å²) in [4.78, 5) is 0. The monoisotopic (exact) mass is 353 g/mol. The van der Waals surface area contributed by atoms with Gasteiger partial charge in [-0.15, -0.1) is 0 Å². The Morgan fingerprint density at radius 2 is 1.36 bits per heavy atom. The van der Waals surface area contributed by atoms with Crippen LogP contribution in [-0.4, -0.2) is 44.2 Å². The maximum atomic E-state index is 6.04. The SMILES string of the molecule is CCOCCOC(C)(C)CCOC(C)(C)CCOc1ccc(N)cc1. The van der Waals surface area contributed by atoms with Crippen LogP contribution in [-0.2, 0) is 14.2 Å². The van der Waals surface area contributed by atoms with Gasteiger partial charge in [0, 0.05) is 18.7 Å². The Bertz CT molecular complexity index is 471. The molecule has 5 heteroatoms. The first-order valence-corrected chi connectivity index (χ1v) is 9.08. The van der Waals surface area contributed by atoms with E-state index in [1.54, 1.807) is 0 Å². The molecule has 0 unspecified atom stereocenters. The van der Waals surface area contributed by atoms with Gasteiger partial charge < -0.3 is 24.7 Å². The fourth-order valence-electron chi connectivity index (χ4n) is 2.22. The number of hydrogen-bond acceptors (Lipinski definition) is 5. The number of hydrogen-bond donors (Lipinski definition) is 1. The van der Waals surface area contributed by atoms with E-state index in [4.69, 9.17) is 24.7 Å². The molecule has 0 fully saturated rings. The van der Waals surface area contributed by atoms with Crippen LogP contribution in [0.4, 0.5) is 5.69 Å². The summed E-state index contributed by atoms with van der Waals surface area (Å²) in [5, 5.41) is 0. The van der Waals surface area contributed by atoms with E-state index >= 15 is 0 Å². The van der Waals surface area contributed by atoms with E-state index < -0.39 is 0 Å². The van der Waals surface area contributed by atoms with Gasteiger partial charge >= 0.3 is 0 Å². The summed E-state index contributed by atoms with van der Waals surface area (Å²) in [6, 6.07) is 7.44. The molecule has 0 radical (unpaired) electrons. The van der Waals surface area contributed by atoms with Crippen molar-refractivity contribution in [1.82, 2.24) is 0 Å². The van der Waals surface area contributed by atoms with E-state index in [0.717, 1.165) is 30.9 Å². The van der Waals surface area contributed by atoms with Crippen LogP contribution in [0.5, 0.6) is 5.75 Å². The van der Waals surface area contributed by atoms with E-state index in [2.05, 4.69) is 27.7 Å². The van der Waals surface area contributed by atoms with Crippen LogP contribution in [0.2, 0.25) is 0 Å². The van der Waals surface area contributed by atoms with Gasteiger partial charge in [0.1, 0.15) is 5.75 Å². The van der Waals surface area contributed by atoms with Crippen molar-refractivity contribution < 1.29 is 18.9 Å². The van der Waals surface area contributed by atoms with Gasteiger partial charge in [-0.2, -0.15) is 0 Å². The molecule has 0 spiro atoms. The minimum absolute atomic E-state index is 0.215. The fraction of sp³-hybridized carbons (Fsp3) is 0.700. The quantitative estimate of drug-likeness (QED) is 0.428. The van der Waals surface area contributed by atoms with Gasteiger partial charge in [-0.25, -0.2) is 0 Å². The third kappa shape index (κ3) is 10.3. The highest BCUT2D eigenvalue weighted by Gasteiger charge is 2.22. The van der Waals surface area contributed by atoms with Gasteiger partial charge in [0.05, 0.1) is 37.6 Å². The summed E-state index contributed by atoms with van der Waals surface area (Å²) in [7, 11) is 0. The molecule has 1 rings (SSSR count). The van der Waals surface area contributed by atoms with Crippen LogP contribution in [0.15, 0.2) is 24.3 Å². The first kappa shape index (κ1) is 21.7. The molecule has 0 aromatic heterocycles. The van der Waals surface area contributed by atoms with E-state index in [0.29, 0.717) is 26.4 Å². The Labute approximate surface area is 152 Å². The summed E-state index contributed by atoms with van der Waals surface area (Å²) in [5.41, 5.74) is 5.95. The van der Waals surface area contributed by atoms with Crippen LogP contribution in [0.3, 0.4) is 0 Å². The summed E-state index contributed by atoms with van der Waals surface area (Å²) in [6.45, 7) is 13.5. The normalized spacial score (nSPS) is 12.4. The van der Waals surface area contributed by atoms with E-state index in [1.807, 2.05) is 31.2 Å². The van der Waals surface area contributed by atoms with Crippen molar-refractivity contribution in [2.24, 2.45) is 0 Å². The number of nitrogen functional groups attached to an aromatic ring is 1. The van der Waals surface area contributed by atoms with Crippen molar-refractivity contribution in [2.75, 3.05) is 38.8 Å². The second-order valence-electron chi connectivity index (χ2n) is 7.33. The fourth-order valence-corrected chi connectivity index (χ4v) is 2.22. The molecule has 0 bridgehead atoms. The lowest BCUT2D eigenvalue weighted by Gasteiger charge is -2.29. The second kappa shape index (κ2) is 10.6. The largest absolute Gasteiger partial charge is 0.493 e. The molecule has 0 aliphatic carbocycles. The van der Waals surface area contributed by atoms with Gasteiger partial charge in [0.2, 0.25) is 0 Å². The van der Waals surface area contributed by atoms with E-state index in [-0.39, 0.29) is 11.2 Å². The molecular formula is C20H35NO4. The van der Waals surface area contributed by atoms with Crippen molar-refractivity contribution in [3.63, 3.8) is 0 Å². The Hall–Kier alpha value is -1.30. The average Bonchev–Trinajstić information content (AvgIpc) is 2.53. The third-order valence-corrected chi connectivity index (χ3v) is 3.97. The third-order valence-electron chi connectivity index (χ3n) is 3.97. The minimum Gasteiger partial charge on any atom is -0.493 e. The summed E-state index contributed by atoms with van der Waals surface area (Å²) < 4.78 is 22.9. The van der Waals surface area contributed by atoms with Crippen LogP contribution in [0, 0.1) is 0 Å². The second-order valence-corrected chi connectivity index (χ2v) is 7.33. The van der Waals surface area contributed by atoms with Gasteiger partial charge in [-0.1, -0.05) is 0 Å². The van der Waals surface area contributed by atoms with Crippen LogP contribution in [0.25, 0.3) is 0 Å². The summed E-state index contributed by atoms with van der Waals surface area (Å²) >= 11 is 0. The average molecular weight is 354 g/mol. The molecular weight excluding hydrogens is 318 g/mol. The zero-order valence-electron chi connectivity index (χ0n) is 16.5. The molecule has 0 amide bonds. The highest BCUT2D eigenvalue weighted by molar-refractivity contribution is 5.41. The molecule has 5 nitrogen and oxygen atoms in total. The number of rotatable bonds is 13. The van der Waals surface area contributed by atoms with Crippen LogP contribution < -0.4 is 10.5 Å². The van der Waals surface area contributed by atoms with E-state index in [1.165, 1.54) is 0 Å². The number of ether oxygens (including phenoxy) is 4. The van der Waals surface area contributed by atoms with Crippen molar-refractivity contribution in [3.05, 3.63) is 24.3 Å². The molecule has 144 valence electrons. The Morgan fingerprint density at radius 1 is 0.800 bits per heavy atom. The summed E-state index contributed by atoms with van der Waals surface area (Å²) in [5.74, 6) is 0.828. The zero-order chi connectivity index (χ0) is 18.8. The molecule has 2 N–H and O–H groups in total. The highest BCUT2D eigenvalue weighted by Crippen LogP contribution is 2.20. The highest BCUT2D eigenvalue weighted by atomic mass is 16.5. The van der Waals surface area contributed by atoms with Gasteiger partial charge in [-0.3, -0.25) is 0 Å². The molecule has 0 aliphatic heterocycles. The molecule has 0 aliphatic rings. The lowest BCUT2D eigenvalue weighted by Crippen LogP contribution is -2.32. The topological polar surface area (TPSA) is 62.9 Å². The molecule has 1 aromatic carbocycles. The molecule has 0 saturated carbocycles. The predicted octanol–water partition coefficient (Wildman–Crippen LogP) is 4.05. The van der Waals surface area contributed by atoms with Crippen LogP contribution in [0.1, 0.15) is 47.5 Å². The van der Waals surface area contributed by atoms with Crippen molar-refractivity contribution >= 4 is 5.69 Å². The van der Waals surface area contributed by atoms with Crippen LogP contribution >= 0.6 is 0 Å². The van der Waals surface area contributed by atoms with Crippen molar-refractivity contribution in [3.8, 4) is 5.75 Å². The van der Waals surface area contributed by atoms with E-state index in [9.17, 15) is 0 Å². The molecule has 0 heterocycles. The number of nitrogens with two attached hydrogens (primary N) is 1. The molecule has 1 aromatic rings. The molecule has 25 heavy (non-hydrogen) atoms.